The number of aromatic nitrogens is 2. The molecule has 0 atom stereocenters. The molecule has 6 heteroatoms. The summed E-state index contributed by atoms with van der Waals surface area (Å²) in [5, 5.41) is 0. The van der Waals surface area contributed by atoms with Crippen LogP contribution in [0.5, 0.6) is 0 Å². The molecule has 0 unspecified atom stereocenters. The van der Waals surface area contributed by atoms with Crippen molar-refractivity contribution in [3.8, 4) is 0 Å². The molecule has 3 rings (SSSR count). The Labute approximate surface area is 99.2 Å². The summed E-state index contributed by atoms with van der Waals surface area (Å²) in [6.45, 7) is 0.465. The third-order valence-corrected chi connectivity index (χ3v) is 4.65. The summed E-state index contributed by atoms with van der Waals surface area (Å²) in [5.41, 5.74) is 9.06. The highest BCUT2D eigenvalue weighted by atomic mass is 32.2. The largest absolute Gasteiger partial charge is 0.326 e. The zero-order valence-electron chi connectivity index (χ0n) is 9.26. The van der Waals surface area contributed by atoms with Gasteiger partial charge in [0.25, 0.3) is 0 Å². The molecule has 5 nitrogen and oxygen atoms in total. The third kappa shape index (κ3) is 1.73. The molecule has 0 bridgehead atoms. The number of aryl methyl sites for hydroxylation is 1. The Morgan fingerprint density at radius 1 is 1.47 bits per heavy atom. The van der Waals surface area contributed by atoms with Crippen molar-refractivity contribution in [2.45, 2.75) is 18.7 Å². The van der Waals surface area contributed by atoms with Crippen molar-refractivity contribution >= 4 is 15.5 Å². The minimum atomic E-state index is -2.96. The Balaban J connectivity index is 2.23. The van der Waals surface area contributed by atoms with Crippen LogP contribution in [0.3, 0.4) is 0 Å². The maximum absolute atomic E-state index is 11.6. The average Bonchev–Trinajstić information content (AvgIpc) is 2.64. The summed E-state index contributed by atoms with van der Waals surface area (Å²) in [7, 11) is -2.96. The predicted molar refractivity (Wildman–Crippen MR) is 64.3 cm³/mol. The molecule has 0 amide bonds. The second kappa shape index (κ2) is 3.54. The van der Waals surface area contributed by atoms with Crippen molar-refractivity contribution in [3.05, 3.63) is 35.3 Å². The van der Waals surface area contributed by atoms with Crippen LogP contribution in [-0.4, -0.2) is 23.6 Å². The van der Waals surface area contributed by atoms with Crippen LogP contribution >= 0.6 is 0 Å². The Hall–Kier alpha value is -1.40. The summed E-state index contributed by atoms with van der Waals surface area (Å²) in [6.07, 6.45) is 2.36. The topological polar surface area (TPSA) is 77.5 Å². The van der Waals surface area contributed by atoms with Gasteiger partial charge in [-0.1, -0.05) is 0 Å². The van der Waals surface area contributed by atoms with E-state index in [-0.39, 0.29) is 11.5 Å². The van der Waals surface area contributed by atoms with Crippen LogP contribution in [0.4, 0.5) is 0 Å². The van der Waals surface area contributed by atoms with Crippen LogP contribution in [0.1, 0.15) is 17.0 Å². The second-order valence-electron chi connectivity index (χ2n) is 4.31. The van der Waals surface area contributed by atoms with Gasteiger partial charge in [0.15, 0.2) is 9.84 Å². The fourth-order valence-corrected chi connectivity index (χ4v) is 3.57. The highest BCUT2D eigenvalue weighted by molar-refractivity contribution is 7.90. The van der Waals surface area contributed by atoms with E-state index in [0.29, 0.717) is 13.0 Å². The molecule has 0 saturated heterocycles. The van der Waals surface area contributed by atoms with Gasteiger partial charge in [0.1, 0.15) is 5.65 Å². The molecule has 0 fully saturated rings. The predicted octanol–water partition coefficient (Wildman–Crippen LogP) is 0.264. The number of hydrogen-bond donors (Lipinski definition) is 1. The van der Waals surface area contributed by atoms with Crippen molar-refractivity contribution < 1.29 is 8.42 Å². The number of rotatable bonds is 1. The molecule has 0 aromatic carbocycles. The summed E-state index contributed by atoms with van der Waals surface area (Å²) in [6, 6.07) is 3.81. The number of fused-ring (bicyclic) bond motifs is 3. The summed E-state index contributed by atoms with van der Waals surface area (Å²) >= 11 is 0. The van der Waals surface area contributed by atoms with E-state index in [1.165, 1.54) is 0 Å². The van der Waals surface area contributed by atoms with E-state index < -0.39 is 9.84 Å². The van der Waals surface area contributed by atoms with Crippen molar-refractivity contribution in [2.24, 2.45) is 5.73 Å². The van der Waals surface area contributed by atoms with E-state index in [0.717, 1.165) is 22.6 Å². The number of imidazole rings is 1. The van der Waals surface area contributed by atoms with Crippen LogP contribution in [0.15, 0.2) is 18.3 Å². The number of pyridine rings is 1. The molecule has 3 heterocycles. The van der Waals surface area contributed by atoms with Gasteiger partial charge < -0.3 is 10.1 Å². The van der Waals surface area contributed by atoms with E-state index >= 15 is 0 Å². The molecule has 0 spiro atoms. The Bertz CT molecular complexity index is 688. The van der Waals surface area contributed by atoms with Crippen LogP contribution in [0.25, 0.3) is 5.65 Å². The van der Waals surface area contributed by atoms with Crippen molar-refractivity contribution in [3.63, 3.8) is 0 Å². The van der Waals surface area contributed by atoms with Gasteiger partial charge in [-0.2, -0.15) is 0 Å². The molecular formula is C11H13N3O2S. The maximum Gasteiger partial charge on any atom is 0.156 e. The zero-order valence-corrected chi connectivity index (χ0v) is 10.1. The lowest BCUT2D eigenvalue weighted by Gasteiger charge is -2.11. The zero-order chi connectivity index (χ0) is 12.0. The molecule has 17 heavy (non-hydrogen) atoms. The number of nitrogens with zero attached hydrogens (tertiary/aromatic N) is 2. The quantitative estimate of drug-likeness (QED) is 0.789. The summed E-state index contributed by atoms with van der Waals surface area (Å²) in [5.74, 6) is 0.291. The number of sulfone groups is 1. The first-order chi connectivity index (χ1) is 8.09. The molecule has 2 N–H and O–H groups in total. The van der Waals surface area contributed by atoms with Crippen LogP contribution in [-0.2, 0) is 28.6 Å². The minimum Gasteiger partial charge on any atom is -0.326 e. The van der Waals surface area contributed by atoms with Gasteiger partial charge in [0.2, 0.25) is 0 Å². The molecule has 0 radical (unpaired) electrons. The molecule has 1 aliphatic rings. The van der Waals surface area contributed by atoms with Gasteiger partial charge in [-0.25, -0.2) is 13.4 Å². The first-order valence-corrected chi connectivity index (χ1v) is 7.30. The lowest BCUT2D eigenvalue weighted by molar-refractivity contribution is 0.590. The first kappa shape index (κ1) is 10.7. The molecule has 0 aliphatic carbocycles. The standard InChI is InChI=1S/C11H13N3O2S/c12-6-8-1-3-14-10-7-17(15,16)4-2-9(10)13-11(14)5-8/h1,3,5H,2,4,6-7,12H2. The van der Waals surface area contributed by atoms with E-state index in [4.69, 9.17) is 5.73 Å². The van der Waals surface area contributed by atoms with E-state index in [2.05, 4.69) is 4.98 Å². The Morgan fingerprint density at radius 2 is 2.29 bits per heavy atom. The van der Waals surface area contributed by atoms with E-state index in [1.807, 2.05) is 22.7 Å². The van der Waals surface area contributed by atoms with Crippen LogP contribution in [0.2, 0.25) is 0 Å². The fourth-order valence-electron chi connectivity index (χ4n) is 2.20. The maximum atomic E-state index is 11.6. The van der Waals surface area contributed by atoms with Crippen molar-refractivity contribution in [2.75, 3.05) is 5.75 Å². The van der Waals surface area contributed by atoms with E-state index in [9.17, 15) is 8.42 Å². The van der Waals surface area contributed by atoms with Gasteiger partial charge in [-0.05, 0) is 17.7 Å². The lowest BCUT2D eigenvalue weighted by atomic mass is 10.2. The molecule has 2 aromatic rings. The van der Waals surface area contributed by atoms with Crippen LogP contribution < -0.4 is 5.73 Å². The van der Waals surface area contributed by atoms with Crippen LogP contribution in [0, 0.1) is 0 Å². The van der Waals surface area contributed by atoms with Gasteiger partial charge >= 0.3 is 0 Å². The second-order valence-corrected chi connectivity index (χ2v) is 6.50. The molecule has 0 saturated carbocycles. The number of nitrogens with two attached hydrogens (primary N) is 1. The van der Waals surface area contributed by atoms with E-state index in [1.54, 1.807) is 0 Å². The lowest BCUT2D eigenvalue weighted by Crippen LogP contribution is -2.19. The minimum absolute atomic E-state index is 0.0888. The smallest absolute Gasteiger partial charge is 0.156 e. The van der Waals surface area contributed by atoms with Gasteiger partial charge in [-0.3, -0.25) is 0 Å². The van der Waals surface area contributed by atoms with Gasteiger partial charge in [-0.15, -0.1) is 0 Å². The molecule has 2 aromatic heterocycles. The normalized spacial score (nSPS) is 18.2. The van der Waals surface area contributed by atoms with Crippen molar-refractivity contribution in [1.29, 1.82) is 0 Å². The summed E-state index contributed by atoms with van der Waals surface area (Å²) < 4.78 is 25.1. The van der Waals surface area contributed by atoms with Crippen molar-refractivity contribution in [1.82, 2.24) is 9.38 Å². The van der Waals surface area contributed by atoms with Gasteiger partial charge in [0.05, 0.1) is 22.9 Å². The fraction of sp³-hybridized carbons (Fsp3) is 0.364. The monoisotopic (exact) mass is 251 g/mol. The highest BCUT2D eigenvalue weighted by Gasteiger charge is 2.25. The number of hydrogen-bond acceptors (Lipinski definition) is 4. The third-order valence-electron chi connectivity index (χ3n) is 3.11. The molecule has 90 valence electrons. The van der Waals surface area contributed by atoms with Gasteiger partial charge in [0, 0.05) is 19.2 Å². The summed E-state index contributed by atoms with van der Waals surface area (Å²) in [4.78, 5) is 4.47. The SMILES string of the molecule is NCc1ccn2c3c(nc2c1)CCS(=O)(=O)C3. The molecular weight excluding hydrogens is 238 g/mol. The highest BCUT2D eigenvalue weighted by Crippen LogP contribution is 2.22. The first-order valence-electron chi connectivity index (χ1n) is 5.48. The Kier molecular flexibility index (Phi) is 2.24. The molecule has 1 aliphatic heterocycles. The average molecular weight is 251 g/mol. The Morgan fingerprint density at radius 3 is 3.06 bits per heavy atom.